The number of methoxy groups -OCH3 is 1. The first-order chi connectivity index (χ1) is 17.0. The normalized spacial score (nSPS) is 10.5. The Morgan fingerprint density at radius 2 is 1.74 bits per heavy atom. The summed E-state index contributed by atoms with van der Waals surface area (Å²) in [6.45, 7) is 2.03. The lowest BCUT2D eigenvalue weighted by Crippen LogP contribution is -2.14. The Kier molecular flexibility index (Phi) is 7.86. The molecule has 0 radical (unpaired) electrons. The number of aromatic nitrogens is 1. The molecule has 1 aromatic heterocycles. The lowest BCUT2D eigenvalue weighted by molar-refractivity contribution is -0.113. The molecule has 1 amide bonds. The van der Waals surface area contributed by atoms with E-state index in [-0.39, 0.29) is 11.7 Å². The molecular formula is C28H22BrN3O2S. The first-order valence-electron chi connectivity index (χ1n) is 10.8. The van der Waals surface area contributed by atoms with Crippen LogP contribution < -0.4 is 10.1 Å². The number of nitriles is 1. The van der Waals surface area contributed by atoms with Crippen LogP contribution in [0.25, 0.3) is 22.4 Å². The van der Waals surface area contributed by atoms with E-state index in [0.717, 1.165) is 38.2 Å². The maximum Gasteiger partial charge on any atom is 0.234 e. The van der Waals surface area contributed by atoms with Gasteiger partial charge in [-0.1, -0.05) is 65.9 Å². The maximum absolute atomic E-state index is 12.7. The van der Waals surface area contributed by atoms with E-state index < -0.39 is 0 Å². The molecule has 1 N–H and O–H groups in total. The first-order valence-corrected chi connectivity index (χ1v) is 12.6. The third-order valence-corrected chi connectivity index (χ3v) is 7.00. The largest absolute Gasteiger partial charge is 0.497 e. The highest BCUT2D eigenvalue weighted by atomic mass is 79.9. The molecule has 35 heavy (non-hydrogen) atoms. The number of carbonyl (C=O) groups excluding carboxylic acids is 1. The Morgan fingerprint density at radius 1 is 1.06 bits per heavy atom. The molecule has 0 saturated heterocycles. The zero-order valence-corrected chi connectivity index (χ0v) is 21.6. The number of aryl methyl sites for hydroxylation is 1. The number of carbonyl (C=O) groups is 1. The van der Waals surface area contributed by atoms with Gasteiger partial charge in [-0.25, -0.2) is 4.98 Å². The highest BCUT2D eigenvalue weighted by Gasteiger charge is 2.17. The number of nitrogens with zero attached hydrogens (tertiary/aromatic N) is 2. The predicted molar refractivity (Wildman–Crippen MR) is 145 cm³/mol. The number of ether oxygens (including phenoxy) is 1. The van der Waals surface area contributed by atoms with Gasteiger partial charge in [0.2, 0.25) is 5.91 Å². The van der Waals surface area contributed by atoms with Gasteiger partial charge in [-0.3, -0.25) is 4.79 Å². The highest BCUT2D eigenvalue weighted by Crippen LogP contribution is 2.35. The smallest absolute Gasteiger partial charge is 0.234 e. The topological polar surface area (TPSA) is 75.0 Å². The third-order valence-electron chi connectivity index (χ3n) is 5.33. The van der Waals surface area contributed by atoms with Crippen molar-refractivity contribution in [2.24, 2.45) is 0 Å². The molecule has 0 unspecified atom stereocenters. The maximum atomic E-state index is 12.7. The van der Waals surface area contributed by atoms with Crippen molar-refractivity contribution < 1.29 is 9.53 Å². The number of para-hydroxylation sites is 1. The summed E-state index contributed by atoms with van der Waals surface area (Å²) >= 11 is 4.69. The van der Waals surface area contributed by atoms with Crippen molar-refractivity contribution in [1.29, 1.82) is 5.26 Å². The molecule has 0 spiro atoms. The summed E-state index contributed by atoms with van der Waals surface area (Å²) in [6, 6.07) is 27.3. The molecule has 4 aromatic rings. The number of hydrogen-bond acceptors (Lipinski definition) is 5. The molecule has 3 aromatic carbocycles. The molecule has 0 aliphatic carbocycles. The van der Waals surface area contributed by atoms with Crippen molar-refractivity contribution in [2.45, 2.75) is 11.9 Å². The summed E-state index contributed by atoms with van der Waals surface area (Å²) in [7, 11) is 1.62. The van der Waals surface area contributed by atoms with E-state index in [1.165, 1.54) is 11.8 Å². The average molecular weight is 544 g/mol. The van der Waals surface area contributed by atoms with Crippen molar-refractivity contribution in [3.63, 3.8) is 0 Å². The van der Waals surface area contributed by atoms with Gasteiger partial charge in [-0.05, 0) is 58.7 Å². The quantitative estimate of drug-likeness (QED) is 0.251. The Morgan fingerprint density at radius 3 is 2.40 bits per heavy atom. The van der Waals surface area contributed by atoms with Crippen molar-refractivity contribution in [1.82, 2.24) is 4.98 Å². The minimum absolute atomic E-state index is 0.114. The Hall–Kier alpha value is -3.60. The van der Waals surface area contributed by atoms with Gasteiger partial charge in [-0.2, -0.15) is 5.26 Å². The zero-order chi connectivity index (χ0) is 24.8. The van der Waals surface area contributed by atoms with Crippen LogP contribution in [0.3, 0.4) is 0 Å². The molecule has 174 valence electrons. The highest BCUT2D eigenvalue weighted by molar-refractivity contribution is 9.10. The van der Waals surface area contributed by atoms with E-state index in [0.29, 0.717) is 16.3 Å². The van der Waals surface area contributed by atoms with Crippen LogP contribution in [0, 0.1) is 18.3 Å². The third kappa shape index (κ3) is 5.91. The van der Waals surface area contributed by atoms with E-state index in [4.69, 9.17) is 9.72 Å². The Balaban J connectivity index is 1.70. The minimum atomic E-state index is -0.181. The lowest BCUT2D eigenvalue weighted by atomic mass is 9.99. The Bertz CT molecular complexity index is 1400. The van der Waals surface area contributed by atoms with E-state index in [1.807, 2.05) is 85.8 Å². The lowest BCUT2D eigenvalue weighted by Gasteiger charge is -2.13. The molecule has 0 aliphatic heterocycles. The minimum Gasteiger partial charge on any atom is -0.497 e. The molecule has 5 nitrogen and oxygen atoms in total. The summed E-state index contributed by atoms with van der Waals surface area (Å²) in [6.07, 6.45) is 0. The van der Waals surface area contributed by atoms with E-state index in [2.05, 4.69) is 27.3 Å². The Labute approximate surface area is 217 Å². The predicted octanol–water partition coefficient (Wildman–Crippen LogP) is 7.10. The second kappa shape index (κ2) is 11.2. The average Bonchev–Trinajstić information content (AvgIpc) is 2.88. The fourth-order valence-corrected chi connectivity index (χ4v) is 4.67. The number of anilines is 1. The second-order valence-corrected chi connectivity index (χ2v) is 9.58. The van der Waals surface area contributed by atoms with Crippen LogP contribution in [0.15, 0.2) is 88.4 Å². The number of benzene rings is 3. The van der Waals surface area contributed by atoms with Crippen molar-refractivity contribution in [3.8, 4) is 34.2 Å². The standard InChI is InChI=1S/C28H22BrN3O2S/c1-18-7-9-20(10-8-18)26-15-22(19-11-13-21(34-2)14-12-19)23(16-30)28(32-26)35-17-27(33)31-25-6-4-3-5-24(25)29/h3-15H,17H2,1-2H3,(H,31,33). The second-order valence-electron chi connectivity index (χ2n) is 7.76. The summed E-state index contributed by atoms with van der Waals surface area (Å²) in [5.74, 6) is 0.667. The van der Waals surface area contributed by atoms with Crippen LogP contribution in [0.5, 0.6) is 5.75 Å². The number of halogens is 1. The summed E-state index contributed by atoms with van der Waals surface area (Å²) < 4.78 is 6.09. The first kappa shape index (κ1) is 24.5. The molecule has 0 fully saturated rings. The van der Waals surface area contributed by atoms with Gasteiger partial charge >= 0.3 is 0 Å². The van der Waals surface area contributed by atoms with Crippen LogP contribution >= 0.6 is 27.7 Å². The summed E-state index contributed by atoms with van der Waals surface area (Å²) in [5.41, 5.74) is 5.59. The number of rotatable bonds is 7. The number of pyridine rings is 1. The van der Waals surface area contributed by atoms with E-state index in [9.17, 15) is 10.1 Å². The van der Waals surface area contributed by atoms with E-state index >= 15 is 0 Å². The van der Waals surface area contributed by atoms with E-state index in [1.54, 1.807) is 7.11 Å². The van der Waals surface area contributed by atoms with Gasteiger partial charge in [0.15, 0.2) is 0 Å². The number of hydrogen-bond donors (Lipinski definition) is 1. The van der Waals surface area contributed by atoms with Crippen molar-refractivity contribution in [3.05, 3.63) is 94.5 Å². The van der Waals surface area contributed by atoms with Crippen LogP contribution in [0.1, 0.15) is 11.1 Å². The van der Waals surface area contributed by atoms with Gasteiger partial charge in [0.25, 0.3) is 0 Å². The fraction of sp³-hybridized carbons (Fsp3) is 0.107. The molecule has 0 atom stereocenters. The van der Waals surface area contributed by atoms with Gasteiger partial charge in [-0.15, -0.1) is 0 Å². The molecular weight excluding hydrogens is 522 g/mol. The van der Waals surface area contributed by atoms with Crippen molar-refractivity contribution in [2.75, 3.05) is 18.2 Å². The van der Waals surface area contributed by atoms with Crippen LogP contribution in [0.4, 0.5) is 5.69 Å². The molecule has 0 saturated carbocycles. The van der Waals surface area contributed by atoms with Gasteiger partial charge in [0.05, 0.1) is 29.8 Å². The number of amides is 1. The molecule has 0 aliphatic rings. The fourth-order valence-electron chi connectivity index (χ4n) is 3.49. The molecule has 0 bridgehead atoms. The van der Waals surface area contributed by atoms with Crippen LogP contribution in [-0.2, 0) is 4.79 Å². The molecule has 7 heteroatoms. The van der Waals surface area contributed by atoms with Crippen LogP contribution in [0.2, 0.25) is 0 Å². The molecule has 4 rings (SSSR count). The SMILES string of the molecule is COc1ccc(-c2cc(-c3ccc(C)cc3)nc(SCC(=O)Nc3ccccc3Br)c2C#N)cc1. The molecule has 1 heterocycles. The summed E-state index contributed by atoms with van der Waals surface area (Å²) in [4.78, 5) is 17.5. The van der Waals surface area contributed by atoms with Crippen molar-refractivity contribution >= 4 is 39.3 Å². The number of nitrogens with one attached hydrogen (secondary N) is 1. The monoisotopic (exact) mass is 543 g/mol. The summed E-state index contributed by atoms with van der Waals surface area (Å²) in [5, 5.41) is 13.5. The van der Waals surface area contributed by atoms with Gasteiger partial charge in [0, 0.05) is 15.6 Å². The van der Waals surface area contributed by atoms with Gasteiger partial charge < -0.3 is 10.1 Å². The van der Waals surface area contributed by atoms with Crippen LogP contribution in [-0.4, -0.2) is 23.8 Å². The van der Waals surface area contributed by atoms with Gasteiger partial charge in [0.1, 0.15) is 16.8 Å². The number of thioether (sulfide) groups is 1. The zero-order valence-electron chi connectivity index (χ0n) is 19.2.